The maximum atomic E-state index is 5.12. The zero-order valence-corrected chi connectivity index (χ0v) is 9.39. The van der Waals surface area contributed by atoms with Gasteiger partial charge in [-0.3, -0.25) is 5.10 Å². The lowest BCUT2D eigenvalue weighted by atomic mass is 9.83. The van der Waals surface area contributed by atoms with E-state index in [9.17, 15) is 0 Å². The summed E-state index contributed by atoms with van der Waals surface area (Å²) in [5.41, 5.74) is 0. The smallest absolute Gasteiger partial charge is 0.194 e. The molecule has 0 aliphatic heterocycles. The van der Waals surface area contributed by atoms with E-state index in [1.807, 2.05) is 0 Å². The lowest BCUT2D eigenvalue weighted by Crippen LogP contribution is -2.17. The first kappa shape index (κ1) is 9.90. The Bertz CT molecular complexity index is 333. The van der Waals surface area contributed by atoms with Gasteiger partial charge in [-0.25, -0.2) is 0 Å². The summed E-state index contributed by atoms with van der Waals surface area (Å²) in [5, 5.41) is 6.73. The molecular weight excluding hydrogens is 194 g/mol. The first-order valence-corrected chi connectivity index (χ1v) is 5.76. The van der Waals surface area contributed by atoms with Crippen LogP contribution in [-0.2, 0) is 6.54 Å². The number of rotatable bonds is 2. The summed E-state index contributed by atoms with van der Waals surface area (Å²) in [6, 6.07) is 0. The second kappa shape index (κ2) is 4.26. The van der Waals surface area contributed by atoms with Crippen molar-refractivity contribution in [2.45, 2.75) is 39.2 Å². The van der Waals surface area contributed by atoms with Gasteiger partial charge in [0.1, 0.15) is 6.33 Å². The van der Waals surface area contributed by atoms with Crippen LogP contribution in [0.1, 0.15) is 32.6 Å². The topological polar surface area (TPSA) is 33.6 Å². The van der Waals surface area contributed by atoms with Crippen LogP contribution >= 0.6 is 12.2 Å². The molecule has 1 saturated carbocycles. The van der Waals surface area contributed by atoms with Crippen molar-refractivity contribution in [3.63, 3.8) is 0 Å². The maximum Gasteiger partial charge on any atom is 0.194 e. The molecule has 1 N–H and O–H groups in total. The summed E-state index contributed by atoms with van der Waals surface area (Å²) in [6.45, 7) is 3.39. The van der Waals surface area contributed by atoms with E-state index < -0.39 is 0 Å². The Hall–Kier alpha value is -0.640. The highest BCUT2D eigenvalue weighted by Crippen LogP contribution is 2.29. The van der Waals surface area contributed by atoms with Gasteiger partial charge >= 0.3 is 0 Å². The fourth-order valence-electron chi connectivity index (χ4n) is 2.19. The fourth-order valence-corrected chi connectivity index (χ4v) is 2.36. The van der Waals surface area contributed by atoms with Gasteiger partial charge in [-0.05, 0) is 36.9 Å². The molecule has 1 aromatic rings. The van der Waals surface area contributed by atoms with E-state index in [2.05, 4.69) is 21.7 Å². The highest BCUT2D eigenvalue weighted by molar-refractivity contribution is 7.71. The Morgan fingerprint density at radius 1 is 1.50 bits per heavy atom. The van der Waals surface area contributed by atoms with E-state index >= 15 is 0 Å². The van der Waals surface area contributed by atoms with Crippen LogP contribution < -0.4 is 0 Å². The molecule has 4 heteroatoms. The predicted molar refractivity (Wildman–Crippen MR) is 58.5 cm³/mol. The molecule has 1 aliphatic carbocycles. The molecule has 14 heavy (non-hydrogen) atoms. The van der Waals surface area contributed by atoms with Gasteiger partial charge in [0.2, 0.25) is 0 Å². The second-order valence-corrected chi connectivity index (χ2v) is 4.83. The number of hydrogen-bond acceptors (Lipinski definition) is 2. The van der Waals surface area contributed by atoms with E-state index in [-0.39, 0.29) is 0 Å². The van der Waals surface area contributed by atoms with Crippen molar-refractivity contribution in [2.24, 2.45) is 11.8 Å². The SMILES string of the molecule is CC1CCC(Cn2cn[nH]c2=S)CC1. The van der Waals surface area contributed by atoms with E-state index in [0.717, 1.165) is 23.2 Å². The molecule has 0 radical (unpaired) electrons. The Morgan fingerprint density at radius 3 is 2.79 bits per heavy atom. The molecule has 0 atom stereocenters. The zero-order chi connectivity index (χ0) is 9.97. The summed E-state index contributed by atoms with van der Waals surface area (Å²) in [4.78, 5) is 0. The summed E-state index contributed by atoms with van der Waals surface area (Å²) >= 11 is 5.12. The van der Waals surface area contributed by atoms with Gasteiger partial charge in [0.05, 0.1) is 0 Å². The van der Waals surface area contributed by atoms with Crippen molar-refractivity contribution in [3.8, 4) is 0 Å². The molecular formula is C10H17N3S. The van der Waals surface area contributed by atoms with Crippen LogP contribution in [0.4, 0.5) is 0 Å². The third kappa shape index (κ3) is 2.23. The standard InChI is InChI=1S/C10H17N3S/c1-8-2-4-9(5-3-8)6-13-7-11-12-10(13)14/h7-9H,2-6H2,1H3,(H,12,14). The molecule has 3 nitrogen and oxygen atoms in total. The van der Waals surface area contributed by atoms with Gasteiger partial charge in [-0.15, -0.1) is 0 Å². The number of H-pyrrole nitrogens is 1. The molecule has 1 heterocycles. The lowest BCUT2D eigenvalue weighted by molar-refractivity contribution is 0.264. The monoisotopic (exact) mass is 211 g/mol. The van der Waals surface area contributed by atoms with Gasteiger partial charge in [-0.2, -0.15) is 5.10 Å². The predicted octanol–water partition coefficient (Wildman–Crippen LogP) is 2.77. The van der Waals surface area contributed by atoms with Crippen molar-refractivity contribution in [2.75, 3.05) is 0 Å². The van der Waals surface area contributed by atoms with Crippen LogP contribution in [0.5, 0.6) is 0 Å². The molecule has 1 aliphatic rings. The zero-order valence-electron chi connectivity index (χ0n) is 8.57. The molecule has 0 saturated heterocycles. The molecule has 2 rings (SSSR count). The van der Waals surface area contributed by atoms with Crippen molar-refractivity contribution in [1.82, 2.24) is 14.8 Å². The molecule has 1 fully saturated rings. The summed E-state index contributed by atoms with van der Waals surface area (Å²) in [7, 11) is 0. The first-order valence-electron chi connectivity index (χ1n) is 5.35. The quantitative estimate of drug-likeness (QED) is 0.763. The number of hydrogen-bond donors (Lipinski definition) is 1. The molecule has 0 aromatic carbocycles. The Morgan fingerprint density at radius 2 is 2.21 bits per heavy atom. The minimum atomic E-state index is 0.753. The van der Waals surface area contributed by atoms with Crippen LogP contribution in [-0.4, -0.2) is 14.8 Å². The normalized spacial score (nSPS) is 27.8. The second-order valence-electron chi connectivity index (χ2n) is 4.44. The fraction of sp³-hybridized carbons (Fsp3) is 0.800. The van der Waals surface area contributed by atoms with Gasteiger partial charge in [0.15, 0.2) is 4.77 Å². The molecule has 0 amide bonds. The van der Waals surface area contributed by atoms with Crippen molar-refractivity contribution >= 4 is 12.2 Å². The number of nitrogens with one attached hydrogen (secondary N) is 1. The largest absolute Gasteiger partial charge is 0.306 e. The molecule has 0 unspecified atom stereocenters. The summed E-state index contributed by atoms with van der Waals surface area (Å²) in [6.07, 6.45) is 7.23. The van der Waals surface area contributed by atoms with E-state index in [4.69, 9.17) is 12.2 Å². The van der Waals surface area contributed by atoms with Gasteiger partial charge in [0.25, 0.3) is 0 Å². The van der Waals surface area contributed by atoms with Crippen LogP contribution in [0.3, 0.4) is 0 Å². The van der Waals surface area contributed by atoms with Crippen molar-refractivity contribution < 1.29 is 0 Å². The minimum Gasteiger partial charge on any atom is -0.306 e. The minimum absolute atomic E-state index is 0.753. The van der Waals surface area contributed by atoms with E-state index in [0.29, 0.717) is 0 Å². The third-order valence-electron chi connectivity index (χ3n) is 3.21. The highest BCUT2D eigenvalue weighted by Gasteiger charge is 2.18. The highest BCUT2D eigenvalue weighted by atomic mass is 32.1. The molecule has 1 aromatic heterocycles. The van der Waals surface area contributed by atoms with Crippen molar-refractivity contribution in [3.05, 3.63) is 11.1 Å². The molecule has 0 bridgehead atoms. The van der Waals surface area contributed by atoms with Gasteiger partial charge < -0.3 is 4.57 Å². The first-order chi connectivity index (χ1) is 6.75. The van der Waals surface area contributed by atoms with Crippen LogP contribution in [0.15, 0.2) is 6.33 Å². The molecule has 78 valence electrons. The van der Waals surface area contributed by atoms with E-state index in [1.54, 1.807) is 6.33 Å². The van der Waals surface area contributed by atoms with Crippen LogP contribution in [0.25, 0.3) is 0 Å². The number of aromatic nitrogens is 3. The average molecular weight is 211 g/mol. The molecule has 0 spiro atoms. The lowest BCUT2D eigenvalue weighted by Gasteiger charge is -2.25. The number of aromatic amines is 1. The Labute approximate surface area is 89.5 Å². The van der Waals surface area contributed by atoms with Gasteiger partial charge in [0, 0.05) is 6.54 Å². The maximum absolute atomic E-state index is 5.12. The number of nitrogens with zero attached hydrogens (tertiary/aromatic N) is 2. The Balaban J connectivity index is 1.93. The summed E-state index contributed by atoms with van der Waals surface area (Å²) in [5.74, 6) is 1.72. The summed E-state index contributed by atoms with van der Waals surface area (Å²) < 4.78 is 2.80. The van der Waals surface area contributed by atoms with Crippen LogP contribution in [0, 0.1) is 16.6 Å². The third-order valence-corrected chi connectivity index (χ3v) is 3.53. The van der Waals surface area contributed by atoms with Crippen LogP contribution in [0.2, 0.25) is 0 Å². The Kier molecular flexibility index (Phi) is 3.01. The van der Waals surface area contributed by atoms with E-state index in [1.165, 1.54) is 25.7 Å². The average Bonchev–Trinajstić information content (AvgIpc) is 2.56. The van der Waals surface area contributed by atoms with Crippen molar-refractivity contribution in [1.29, 1.82) is 0 Å². The van der Waals surface area contributed by atoms with Gasteiger partial charge in [-0.1, -0.05) is 19.8 Å².